The zero-order valence-electron chi connectivity index (χ0n) is 20.6. The molecule has 0 aliphatic rings. The molecule has 0 fully saturated rings. The highest BCUT2D eigenvalue weighted by atomic mass is 127. The number of pyridine rings is 1. The number of halogens is 1. The fraction of sp³-hybridized carbons (Fsp3) is 0.556. The number of carbonyl (C=O) groups is 1. The highest BCUT2D eigenvalue weighted by molar-refractivity contribution is 5.79. The van der Waals surface area contributed by atoms with Crippen LogP contribution in [0.25, 0.3) is 0 Å². The lowest BCUT2D eigenvalue weighted by Crippen LogP contribution is -3.00. The minimum Gasteiger partial charge on any atom is -1.00 e. The lowest BCUT2D eigenvalue weighted by molar-refractivity contribution is -0.693. The molecule has 6 heteroatoms. The van der Waals surface area contributed by atoms with Gasteiger partial charge in [-0.15, -0.1) is 0 Å². The van der Waals surface area contributed by atoms with Crippen LogP contribution in [0.15, 0.2) is 42.7 Å². The first-order chi connectivity index (χ1) is 15.7. The number of rotatable bonds is 16. The van der Waals surface area contributed by atoms with Gasteiger partial charge in [0.15, 0.2) is 12.4 Å². The smallest absolute Gasteiger partial charge is 0.224 e. The van der Waals surface area contributed by atoms with Gasteiger partial charge >= 0.3 is 0 Å². The fourth-order valence-corrected chi connectivity index (χ4v) is 3.64. The summed E-state index contributed by atoms with van der Waals surface area (Å²) in [7, 11) is 1.63. The molecule has 0 aliphatic heterocycles. The van der Waals surface area contributed by atoms with Crippen molar-refractivity contribution in [2.24, 2.45) is 0 Å². The summed E-state index contributed by atoms with van der Waals surface area (Å²) >= 11 is 0. The standard InChI is InChI=1S/C27H40N2O3.HI/c1-4-6-7-8-9-10-11-12-19-32-25-14-13-24(26(21-25)31-3)20-27(30)28-22-23-15-17-29(5-2)18-16-23;/h13-18,21H,4-12,19-20,22H2,1-3H3;1H. The van der Waals surface area contributed by atoms with E-state index in [1.165, 1.54) is 44.9 Å². The van der Waals surface area contributed by atoms with Gasteiger partial charge in [-0.1, -0.05) is 57.9 Å². The molecule has 0 saturated carbocycles. The molecule has 2 rings (SSSR count). The van der Waals surface area contributed by atoms with Crippen LogP contribution in [0.5, 0.6) is 11.5 Å². The topological polar surface area (TPSA) is 51.4 Å². The first kappa shape index (κ1) is 29.2. The van der Waals surface area contributed by atoms with Crippen molar-refractivity contribution in [1.82, 2.24) is 5.32 Å². The zero-order chi connectivity index (χ0) is 23.0. The van der Waals surface area contributed by atoms with Gasteiger partial charge in [-0.3, -0.25) is 4.79 Å². The van der Waals surface area contributed by atoms with Gasteiger partial charge in [-0.25, -0.2) is 4.57 Å². The number of aryl methyl sites for hydroxylation is 1. The molecular weight excluding hydrogens is 527 g/mol. The summed E-state index contributed by atoms with van der Waals surface area (Å²) in [6.07, 6.45) is 14.6. The molecule has 184 valence electrons. The highest BCUT2D eigenvalue weighted by Crippen LogP contribution is 2.25. The van der Waals surface area contributed by atoms with E-state index in [9.17, 15) is 4.79 Å². The molecule has 1 aromatic carbocycles. The molecule has 1 N–H and O–H groups in total. The van der Waals surface area contributed by atoms with Gasteiger partial charge < -0.3 is 38.8 Å². The Hall–Kier alpha value is -1.83. The Morgan fingerprint density at radius 2 is 1.61 bits per heavy atom. The molecule has 0 atom stereocenters. The highest BCUT2D eigenvalue weighted by Gasteiger charge is 2.11. The predicted octanol–water partition coefficient (Wildman–Crippen LogP) is 2.39. The molecule has 0 spiro atoms. The quantitative estimate of drug-likeness (QED) is 0.192. The van der Waals surface area contributed by atoms with Gasteiger partial charge in [0.2, 0.25) is 5.91 Å². The molecule has 0 saturated heterocycles. The minimum atomic E-state index is -0.0249. The third-order valence-corrected chi connectivity index (χ3v) is 5.69. The Morgan fingerprint density at radius 1 is 0.939 bits per heavy atom. The molecule has 0 aliphatic carbocycles. The van der Waals surface area contributed by atoms with E-state index >= 15 is 0 Å². The molecular formula is C27H41IN2O3. The normalized spacial score (nSPS) is 10.4. The summed E-state index contributed by atoms with van der Waals surface area (Å²) in [5.74, 6) is 1.46. The van der Waals surface area contributed by atoms with Crippen LogP contribution in [-0.4, -0.2) is 19.6 Å². The van der Waals surface area contributed by atoms with Crippen LogP contribution in [0.1, 0.15) is 76.3 Å². The SMILES string of the molecule is CCCCCCCCCCOc1ccc(CC(=O)NCc2cc[n+](CC)cc2)c(OC)c1.[I-]. The van der Waals surface area contributed by atoms with E-state index in [4.69, 9.17) is 9.47 Å². The van der Waals surface area contributed by atoms with Crippen LogP contribution in [0.4, 0.5) is 0 Å². The molecule has 33 heavy (non-hydrogen) atoms. The molecule has 1 amide bonds. The Balaban J connectivity index is 0.00000544. The van der Waals surface area contributed by atoms with Crippen molar-refractivity contribution in [3.8, 4) is 11.5 Å². The summed E-state index contributed by atoms with van der Waals surface area (Å²) in [4.78, 5) is 12.4. The largest absolute Gasteiger partial charge is 1.00 e. The monoisotopic (exact) mass is 568 g/mol. The zero-order valence-corrected chi connectivity index (χ0v) is 22.7. The van der Waals surface area contributed by atoms with E-state index in [1.54, 1.807) is 7.11 Å². The molecule has 0 unspecified atom stereocenters. The van der Waals surface area contributed by atoms with E-state index in [0.717, 1.165) is 29.8 Å². The first-order valence-electron chi connectivity index (χ1n) is 12.2. The minimum absolute atomic E-state index is 0. The Bertz CT molecular complexity index is 796. The second-order valence-corrected chi connectivity index (χ2v) is 8.29. The second-order valence-electron chi connectivity index (χ2n) is 8.29. The lowest BCUT2D eigenvalue weighted by Gasteiger charge is -2.12. The van der Waals surface area contributed by atoms with Crippen LogP contribution in [-0.2, 0) is 24.3 Å². The number of nitrogens with one attached hydrogen (secondary N) is 1. The lowest BCUT2D eigenvalue weighted by atomic mass is 10.1. The van der Waals surface area contributed by atoms with Gasteiger partial charge in [0.25, 0.3) is 0 Å². The number of hydrogen-bond donors (Lipinski definition) is 1. The van der Waals surface area contributed by atoms with Gasteiger partial charge in [0.05, 0.1) is 20.1 Å². The summed E-state index contributed by atoms with van der Waals surface area (Å²) in [5, 5.41) is 2.99. The van der Waals surface area contributed by atoms with Crippen LogP contribution in [0, 0.1) is 0 Å². The number of hydrogen-bond acceptors (Lipinski definition) is 3. The molecule has 1 aromatic heterocycles. The van der Waals surface area contributed by atoms with E-state index in [-0.39, 0.29) is 36.3 Å². The molecule has 1 heterocycles. The van der Waals surface area contributed by atoms with Crippen molar-refractivity contribution >= 4 is 5.91 Å². The molecule has 0 radical (unpaired) electrons. The van der Waals surface area contributed by atoms with Crippen LogP contribution >= 0.6 is 0 Å². The molecule has 0 bridgehead atoms. The Morgan fingerprint density at radius 3 is 2.24 bits per heavy atom. The summed E-state index contributed by atoms with van der Waals surface area (Å²) in [5.41, 5.74) is 1.95. The summed E-state index contributed by atoms with van der Waals surface area (Å²) in [6.45, 7) is 6.52. The fourth-order valence-electron chi connectivity index (χ4n) is 3.64. The number of methoxy groups -OCH3 is 1. The van der Waals surface area contributed by atoms with Gasteiger partial charge in [-0.2, -0.15) is 0 Å². The Labute approximate surface area is 217 Å². The first-order valence-corrected chi connectivity index (χ1v) is 12.2. The number of ether oxygens (including phenoxy) is 2. The van der Waals surface area contributed by atoms with Crippen molar-refractivity contribution < 1.29 is 42.8 Å². The maximum Gasteiger partial charge on any atom is 0.224 e. The molecule has 5 nitrogen and oxygen atoms in total. The summed E-state index contributed by atoms with van der Waals surface area (Å²) < 4.78 is 13.5. The third-order valence-electron chi connectivity index (χ3n) is 5.69. The van der Waals surface area contributed by atoms with E-state index in [2.05, 4.69) is 23.7 Å². The van der Waals surface area contributed by atoms with Gasteiger partial charge in [0, 0.05) is 30.3 Å². The van der Waals surface area contributed by atoms with Crippen LogP contribution in [0.2, 0.25) is 0 Å². The number of carbonyl (C=O) groups excluding carboxylic acids is 1. The second kappa shape index (κ2) is 17.6. The maximum atomic E-state index is 12.4. The van der Waals surface area contributed by atoms with Crippen molar-refractivity contribution in [2.45, 2.75) is 84.7 Å². The van der Waals surface area contributed by atoms with Gasteiger partial charge in [-0.05, 0) is 25.0 Å². The van der Waals surface area contributed by atoms with E-state index in [0.29, 0.717) is 18.9 Å². The van der Waals surface area contributed by atoms with E-state index in [1.807, 2.05) is 42.7 Å². The van der Waals surface area contributed by atoms with Crippen LogP contribution < -0.4 is 43.3 Å². The Kier molecular flexibility index (Phi) is 15.6. The van der Waals surface area contributed by atoms with Crippen LogP contribution in [0.3, 0.4) is 0 Å². The number of amides is 1. The third kappa shape index (κ3) is 11.7. The number of benzene rings is 1. The van der Waals surface area contributed by atoms with Crippen molar-refractivity contribution in [2.75, 3.05) is 13.7 Å². The maximum absolute atomic E-state index is 12.4. The number of unbranched alkanes of at least 4 members (excludes halogenated alkanes) is 7. The number of aromatic nitrogens is 1. The average Bonchev–Trinajstić information content (AvgIpc) is 2.82. The van der Waals surface area contributed by atoms with Crippen molar-refractivity contribution in [3.05, 3.63) is 53.9 Å². The average molecular weight is 569 g/mol. The predicted molar refractivity (Wildman–Crippen MR) is 129 cm³/mol. The molecule has 2 aromatic rings. The van der Waals surface area contributed by atoms with E-state index < -0.39 is 0 Å². The van der Waals surface area contributed by atoms with Crippen molar-refractivity contribution in [1.29, 1.82) is 0 Å². The van der Waals surface area contributed by atoms with Crippen molar-refractivity contribution in [3.63, 3.8) is 0 Å². The number of nitrogens with zero attached hydrogens (tertiary/aromatic N) is 1. The summed E-state index contributed by atoms with van der Waals surface area (Å²) in [6, 6.07) is 9.80. The van der Waals surface area contributed by atoms with Gasteiger partial charge in [0.1, 0.15) is 18.0 Å².